The maximum atomic E-state index is 13.4. The van der Waals surface area contributed by atoms with Crippen molar-refractivity contribution < 1.29 is 14.0 Å². The van der Waals surface area contributed by atoms with Gasteiger partial charge in [0.1, 0.15) is 5.82 Å². The van der Waals surface area contributed by atoms with Gasteiger partial charge in [-0.05, 0) is 31.0 Å². The molecule has 1 aromatic carbocycles. The molecule has 1 aromatic rings. The summed E-state index contributed by atoms with van der Waals surface area (Å²) in [6.07, 6.45) is 2.83. The first-order valence-electron chi connectivity index (χ1n) is 7.91. The van der Waals surface area contributed by atoms with Gasteiger partial charge in [0.25, 0.3) is 0 Å². The Balaban J connectivity index is 1.58. The Labute approximate surface area is 135 Å². The highest BCUT2D eigenvalue weighted by atomic mass is 19.1. The van der Waals surface area contributed by atoms with Gasteiger partial charge in [-0.3, -0.25) is 9.59 Å². The van der Waals surface area contributed by atoms with Crippen LogP contribution in [-0.4, -0.2) is 41.9 Å². The van der Waals surface area contributed by atoms with Crippen LogP contribution in [0.4, 0.5) is 10.1 Å². The zero-order valence-corrected chi connectivity index (χ0v) is 13.1. The first-order chi connectivity index (χ1) is 11.0. The number of hydrogen-bond donors (Lipinski definition) is 1. The summed E-state index contributed by atoms with van der Waals surface area (Å²) >= 11 is 0. The Bertz CT molecular complexity index is 622. The second-order valence-corrected chi connectivity index (χ2v) is 6.41. The number of carbonyl (C=O) groups excluding carboxylic acids is 2. The summed E-state index contributed by atoms with van der Waals surface area (Å²) in [6, 6.07) is 6.95. The maximum Gasteiger partial charge on any atom is 0.226 e. The summed E-state index contributed by atoms with van der Waals surface area (Å²) in [5.74, 6) is -1.01. The quantitative estimate of drug-likeness (QED) is 0.891. The number of hydrogen-bond acceptors (Lipinski definition) is 3. The average Bonchev–Trinajstić information content (AvgIpc) is 3.12. The number of carbonyl (C=O) groups is 2. The number of benzene rings is 1. The van der Waals surface area contributed by atoms with Crippen LogP contribution >= 0.6 is 0 Å². The van der Waals surface area contributed by atoms with Crippen LogP contribution in [0.2, 0.25) is 0 Å². The van der Waals surface area contributed by atoms with Gasteiger partial charge in [-0.1, -0.05) is 13.0 Å². The molecule has 123 valence electrons. The zero-order chi connectivity index (χ0) is 16.6. The lowest BCUT2D eigenvalue weighted by Gasteiger charge is -2.35. The maximum absolute atomic E-state index is 13.4. The molecule has 2 N–H and O–H groups in total. The Morgan fingerprint density at radius 2 is 2.17 bits per heavy atom. The van der Waals surface area contributed by atoms with Crippen LogP contribution in [0.25, 0.3) is 0 Å². The van der Waals surface area contributed by atoms with Crippen molar-refractivity contribution in [2.75, 3.05) is 18.0 Å². The molecular formula is C17H21FN3O2. The van der Waals surface area contributed by atoms with Crippen LogP contribution < -0.4 is 10.6 Å². The minimum atomic E-state index is -0.394. The topological polar surface area (TPSA) is 66.6 Å². The highest BCUT2D eigenvalue weighted by molar-refractivity contribution is 5.87. The fourth-order valence-electron chi connectivity index (χ4n) is 3.42. The number of nitrogens with two attached hydrogens (primary N) is 1. The fourth-order valence-corrected chi connectivity index (χ4v) is 3.42. The van der Waals surface area contributed by atoms with E-state index in [4.69, 9.17) is 5.73 Å². The molecule has 0 spiro atoms. The first kappa shape index (κ1) is 15.8. The predicted molar refractivity (Wildman–Crippen MR) is 84.9 cm³/mol. The summed E-state index contributed by atoms with van der Waals surface area (Å²) in [7, 11) is 0. The molecule has 2 aliphatic rings. The third kappa shape index (κ3) is 3.16. The molecule has 6 heteroatoms. The van der Waals surface area contributed by atoms with Gasteiger partial charge in [0, 0.05) is 30.7 Å². The van der Waals surface area contributed by atoms with Gasteiger partial charge in [-0.15, -0.1) is 0 Å². The Kier molecular flexibility index (Phi) is 4.24. The van der Waals surface area contributed by atoms with E-state index in [-0.39, 0.29) is 29.7 Å². The van der Waals surface area contributed by atoms with Crippen molar-refractivity contribution in [2.24, 2.45) is 11.7 Å². The number of fused-ring (bicyclic) bond motifs is 2. The molecule has 2 amide bonds. The molecule has 3 atom stereocenters. The zero-order valence-electron chi connectivity index (χ0n) is 13.1. The van der Waals surface area contributed by atoms with Crippen LogP contribution in [0.1, 0.15) is 19.8 Å². The number of primary amides is 1. The lowest BCUT2D eigenvalue weighted by Crippen LogP contribution is -2.49. The van der Waals surface area contributed by atoms with Crippen molar-refractivity contribution in [1.82, 2.24) is 4.90 Å². The summed E-state index contributed by atoms with van der Waals surface area (Å²) in [5, 5.41) is 0. The summed E-state index contributed by atoms with van der Waals surface area (Å²) < 4.78 is 13.4. The van der Waals surface area contributed by atoms with Gasteiger partial charge >= 0.3 is 0 Å². The molecule has 3 rings (SSSR count). The van der Waals surface area contributed by atoms with Crippen LogP contribution in [0.15, 0.2) is 24.3 Å². The Morgan fingerprint density at radius 3 is 2.78 bits per heavy atom. The number of nitrogens with zero attached hydrogens (tertiary/aromatic N) is 2. The van der Waals surface area contributed by atoms with Crippen molar-refractivity contribution in [3.05, 3.63) is 36.5 Å². The SMILES string of the molecule is CC(C[CH]C(=O)N1CC2C[C@H]1CN2c1cccc(F)c1)C(N)=O. The fraction of sp³-hybridized carbons (Fsp3) is 0.471. The second kappa shape index (κ2) is 6.18. The highest BCUT2D eigenvalue weighted by Crippen LogP contribution is 2.35. The van der Waals surface area contributed by atoms with Gasteiger partial charge in [0.05, 0.1) is 12.5 Å². The predicted octanol–water partition coefficient (Wildman–Crippen LogP) is 1.33. The largest absolute Gasteiger partial charge is 0.369 e. The first-order valence-corrected chi connectivity index (χ1v) is 7.91. The molecule has 1 radical (unpaired) electrons. The van der Waals surface area contributed by atoms with E-state index < -0.39 is 5.91 Å². The molecular weight excluding hydrogens is 297 g/mol. The summed E-state index contributed by atoms with van der Waals surface area (Å²) in [6.45, 7) is 3.08. The molecule has 2 saturated heterocycles. The molecule has 2 bridgehead atoms. The van der Waals surface area contributed by atoms with Crippen LogP contribution in [-0.2, 0) is 9.59 Å². The number of piperazine rings is 1. The van der Waals surface area contributed by atoms with Crippen molar-refractivity contribution in [1.29, 1.82) is 0 Å². The molecule has 2 fully saturated rings. The van der Waals surface area contributed by atoms with Crippen molar-refractivity contribution in [3.8, 4) is 0 Å². The number of halogens is 1. The number of likely N-dealkylation sites (tertiary alicyclic amines) is 1. The van der Waals surface area contributed by atoms with Gasteiger partial charge in [0.15, 0.2) is 0 Å². The Hall–Kier alpha value is -2.11. The summed E-state index contributed by atoms with van der Waals surface area (Å²) in [4.78, 5) is 27.4. The number of amides is 2. The third-order valence-corrected chi connectivity index (χ3v) is 4.80. The minimum Gasteiger partial charge on any atom is -0.369 e. The standard InChI is InChI=1S/C17H21FN3O2/c1-11(17(19)23)5-6-16(22)21-10-14-8-15(21)9-20(14)13-4-2-3-12(18)7-13/h2-4,6-7,11,14-15H,5,8-10H2,1H3,(H2,19,23)/t11?,14?,15-/m0/s1. The monoisotopic (exact) mass is 318 g/mol. The highest BCUT2D eigenvalue weighted by Gasteiger charge is 2.45. The van der Waals surface area contributed by atoms with Crippen molar-refractivity contribution >= 4 is 17.5 Å². The third-order valence-electron chi connectivity index (χ3n) is 4.80. The normalized spacial score (nSPS) is 24.1. The van der Waals surface area contributed by atoms with E-state index in [1.807, 2.05) is 11.0 Å². The van der Waals surface area contributed by atoms with Crippen molar-refractivity contribution in [2.45, 2.75) is 31.8 Å². The van der Waals surface area contributed by atoms with Crippen LogP contribution in [0, 0.1) is 18.2 Å². The molecule has 0 aromatic heterocycles. The number of rotatable bonds is 5. The lowest BCUT2D eigenvalue weighted by molar-refractivity contribution is -0.129. The van der Waals surface area contributed by atoms with Crippen LogP contribution in [0.5, 0.6) is 0 Å². The van der Waals surface area contributed by atoms with E-state index >= 15 is 0 Å². The molecule has 0 aliphatic carbocycles. The molecule has 2 unspecified atom stereocenters. The van der Waals surface area contributed by atoms with E-state index in [9.17, 15) is 14.0 Å². The van der Waals surface area contributed by atoms with Gasteiger partial charge in [-0.2, -0.15) is 0 Å². The number of anilines is 1. The molecule has 2 aliphatic heterocycles. The molecule has 0 saturated carbocycles. The second-order valence-electron chi connectivity index (χ2n) is 6.41. The average molecular weight is 318 g/mol. The lowest BCUT2D eigenvalue weighted by atomic mass is 10.0. The van der Waals surface area contributed by atoms with E-state index in [1.54, 1.807) is 19.4 Å². The molecule has 23 heavy (non-hydrogen) atoms. The smallest absolute Gasteiger partial charge is 0.226 e. The van der Waals surface area contributed by atoms with E-state index in [0.29, 0.717) is 13.0 Å². The van der Waals surface area contributed by atoms with Gasteiger partial charge in [0.2, 0.25) is 11.8 Å². The Morgan fingerprint density at radius 1 is 1.39 bits per heavy atom. The van der Waals surface area contributed by atoms with Gasteiger partial charge in [-0.25, -0.2) is 4.39 Å². The molecule has 5 nitrogen and oxygen atoms in total. The van der Waals surface area contributed by atoms with Crippen LogP contribution in [0.3, 0.4) is 0 Å². The molecule has 2 heterocycles. The van der Waals surface area contributed by atoms with E-state index in [0.717, 1.165) is 18.7 Å². The van der Waals surface area contributed by atoms with Crippen molar-refractivity contribution in [3.63, 3.8) is 0 Å². The minimum absolute atomic E-state index is 0.0375. The van der Waals surface area contributed by atoms with E-state index in [2.05, 4.69) is 4.90 Å². The van der Waals surface area contributed by atoms with Gasteiger partial charge < -0.3 is 15.5 Å². The van der Waals surface area contributed by atoms with E-state index in [1.165, 1.54) is 12.1 Å². The summed E-state index contributed by atoms with van der Waals surface area (Å²) in [5.41, 5.74) is 6.08.